The fourth-order valence-corrected chi connectivity index (χ4v) is 3.25. The van der Waals surface area contributed by atoms with E-state index in [9.17, 15) is 0 Å². The molecule has 15 heavy (non-hydrogen) atoms. The number of rotatable bonds is 0. The second-order valence-corrected chi connectivity index (χ2v) is 5.42. The molecule has 86 valence electrons. The van der Waals surface area contributed by atoms with E-state index in [0.717, 1.165) is 5.92 Å². The summed E-state index contributed by atoms with van der Waals surface area (Å²) >= 11 is 0. The lowest BCUT2D eigenvalue weighted by atomic mass is 9.90. The highest BCUT2D eigenvalue weighted by Gasteiger charge is 2.21. The highest BCUT2D eigenvalue weighted by Crippen LogP contribution is 2.37. The maximum absolute atomic E-state index is 2.49. The first-order valence-electron chi connectivity index (χ1n) is 7.16. The van der Waals surface area contributed by atoms with Gasteiger partial charge in [0, 0.05) is 0 Å². The Morgan fingerprint density at radius 1 is 0.733 bits per heavy atom. The molecule has 0 aromatic heterocycles. The van der Waals surface area contributed by atoms with E-state index in [-0.39, 0.29) is 0 Å². The molecule has 3 aliphatic rings. The zero-order valence-corrected chi connectivity index (χ0v) is 10.1. The molecule has 0 saturated heterocycles. The summed E-state index contributed by atoms with van der Waals surface area (Å²) in [6, 6.07) is 0. The van der Waals surface area contributed by atoms with Crippen molar-refractivity contribution in [3.05, 3.63) is 11.6 Å². The molecule has 3 rings (SSSR count). The molecule has 0 aromatic carbocycles. The Hall–Kier alpha value is -0.260. The maximum atomic E-state index is 2.49. The zero-order valence-electron chi connectivity index (χ0n) is 10.1. The van der Waals surface area contributed by atoms with Crippen LogP contribution in [0.3, 0.4) is 0 Å². The molecule has 0 N–H and O–H groups in total. The average Bonchev–Trinajstić information content (AvgIpc) is 2.80. The van der Waals surface area contributed by atoms with Gasteiger partial charge in [-0.2, -0.15) is 0 Å². The molecule has 0 heterocycles. The molecule has 0 spiro atoms. The fraction of sp³-hybridized carbons (Fsp3) is 0.867. The minimum absolute atomic E-state index is 1.03. The van der Waals surface area contributed by atoms with Crippen LogP contribution in [0.4, 0.5) is 0 Å². The summed E-state index contributed by atoms with van der Waals surface area (Å²) in [5.41, 5.74) is 1.79. The van der Waals surface area contributed by atoms with E-state index in [1.54, 1.807) is 5.57 Å². The molecule has 1 unspecified atom stereocenters. The molecule has 0 amide bonds. The Bertz CT molecular complexity index is 187. The molecule has 2 saturated carbocycles. The molecule has 3 aliphatic carbocycles. The molecule has 0 heteroatoms. The van der Waals surface area contributed by atoms with E-state index in [0.29, 0.717) is 0 Å². The SMILES string of the molecule is C1=C2CCCC2CCC1.C1CCCCC1. The monoisotopic (exact) mass is 206 g/mol. The number of hydrogen-bond donors (Lipinski definition) is 0. The molecular formula is C15H26. The largest absolute Gasteiger partial charge is 0.0851 e. The number of fused-ring (bicyclic) bond motifs is 1. The fourth-order valence-electron chi connectivity index (χ4n) is 3.25. The lowest BCUT2D eigenvalue weighted by Gasteiger charge is -2.15. The summed E-state index contributed by atoms with van der Waals surface area (Å²) in [6.45, 7) is 0. The first kappa shape index (κ1) is 11.2. The first-order valence-corrected chi connectivity index (χ1v) is 7.16. The van der Waals surface area contributed by atoms with Crippen molar-refractivity contribution >= 4 is 0 Å². The Morgan fingerprint density at radius 3 is 1.93 bits per heavy atom. The number of hydrogen-bond acceptors (Lipinski definition) is 0. The van der Waals surface area contributed by atoms with Gasteiger partial charge in [0.15, 0.2) is 0 Å². The summed E-state index contributed by atoms with van der Waals surface area (Å²) in [7, 11) is 0. The van der Waals surface area contributed by atoms with Gasteiger partial charge < -0.3 is 0 Å². The van der Waals surface area contributed by atoms with Gasteiger partial charge in [0.2, 0.25) is 0 Å². The van der Waals surface area contributed by atoms with Crippen LogP contribution in [0.5, 0.6) is 0 Å². The molecule has 2 fully saturated rings. The van der Waals surface area contributed by atoms with Crippen LogP contribution in [0.15, 0.2) is 11.6 Å². The summed E-state index contributed by atoms with van der Waals surface area (Å²) < 4.78 is 0. The summed E-state index contributed by atoms with van der Waals surface area (Å²) in [5.74, 6) is 1.03. The lowest BCUT2D eigenvalue weighted by Crippen LogP contribution is -2.00. The predicted molar refractivity (Wildman–Crippen MR) is 67.0 cm³/mol. The minimum atomic E-state index is 1.03. The van der Waals surface area contributed by atoms with E-state index in [1.807, 2.05) is 0 Å². The third-order valence-corrected chi connectivity index (χ3v) is 4.21. The second-order valence-electron chi connectivity index (χ2n) is 5.42. The van der Waals surface area contributed by atoms with Crippen LogP contribution < -0.4 is 0 Å². The van der Waals surface area contributed by atoms with Crippen molar-refractivity contribution in [3.63, 3.8) is 0 Å². The van der Waals surface area contributed by atoms with Crippen molar-refractivity contribution in [1.29, 1.82) is 0 Å². The van der Waals surface area contributed by atoms with E-state index in [1.165, 1.54) is 77.0 Å². The average molecular weight is 206 g/mol. The Kier molecular flexibility index (Phi) is 4.76. The predicted octanol–water partition coefficient (Wildman–Crippen LogP) is 5.24. The van der Waals surface area contributed by atoms with Gasteiger partial charge in [-0.05, 0) is 44.4 Å². The third kappa shape index (κ3) is 3.66. The Morgan fingerprint density at radius 2 is 1.33 bits per heavy atom. The molecule has 1 atom stereocenters. The Labute approximate surface area is 95.1 Å². The van der Waals surface area contributed by atoms with E-state index in [4.69, 9.17) is 0 Å². The molecule has 0 nitrogen and oxygen atoms in total. The van der Waals surface area contributed by atoms with Crippen LogP contribution in [0.25, 0.3) is 0 Å². The quantitative estimate of drug-likeness (QED) is 0.476. The van der Waals surface area contributed by atoms with E-state index in [2.05, 4.69) is 6.08 Å². The van der Waals surface area contributed by atoms with E-state index >= 15 is 0 Å². The van der Waals surface area contributed by atoms with Gasteiger partial charge in [-0.25, -0.2) is 0 Å². The van der Waals surface area contributed by atoms with Crippen LogP contribution in [0.2, 0.25) is 0 Å². The van der Waals surface area contributed by atoms with Gasteiger partial charge >= 0.3 is 0 Å². The third-order valence-electron chi connectivity index (χ3n) is 4.21. The van der Waals surface area contributed by atoms with Crippen molar-refractivity contribution in [2.24, 2.45) is 5.92 Å². The summed E-state index contributed by atoms with van der Waals surface area (Å²) in [5, 5.41) is 0. The lowest BCUT2D eigenvalue weighted by molar-refractivity contribution is 0.504. The van der Waals surface area contributed by atoms with Crippen molar-refractivity contribution in [1.82, 2.24) is 0 Å². The minimum Gasteiger partial charge on any atom is -0.0851 e. The summed E-state index contributed by atoms with van der Waals surface area (Å²) in [6.07, 6.45) is 20.2. The van der Waals surface area contributed by atoms with Crippen LogP contribution >= 0.6 is 0 Å². The highest BCUT2D eigenvalue weighted by atomic mass is 14.3. The van der Waals surface area contributed by atoms with Crippen molar-refractivity contribution in [2.75, 3.05) is 0 Å². The van der Waals surface area contributed by atoms with Gasteiger partial charge in [0.05, 0.1) is 0 Å². The van der Waals surface area contributed by atoms with Crippen molar-refractivity contribution < 1.29 is 0 Å². The Balaban J connectivity index is 0.000000124. The summed E-state index contributed by atoms with van der Waals surface area (Å²) in [4.78, 5) is 0. The second kappa shape index (κ2) is 6.35. The standard InChI is InChI=1S/C9H14.C6H12/c1-2-5-9-7-3-6-8(9)4-1;1-2-4-6-5-3-1/h4,9H,1-3,5-7H2;1-6H2. The van der Waals surface area contributed by atoms with Crippen LogP contribution in [-0.4, -0.2) is 0 Å². The molecule has 0 aromatic rings. The van der Waals surface area contributed by atoms with Gasteiger partial charge in [-0.1, -0.05) is 50.2 Å². The van der Waals surface area contributed by atoms with E-state index < -0.39 is 0 Å². The first-order chi connectivity index (χ1) is 7.47. The maximum Gasteiger partial charge on any atom is -0.0203 e. The topological polar surface area (TPSA) is 0 Å². The van der Waals surface area contributed by atoms with Gasteiger partial charge in [0.1, 0.15) is 0 Å². The van der Waals surface area contributed by atoms with Crippen LogP contribution in [0, 0.1) is 5.92 Å². The molecule has 0 aliphatic heterocycles. The van der Waals surface area contributed by atoms with Gasteiger partial charge in [-0.3, -0.25) is 0 Å². The van der Waals surface area contributed by atoms with Crippen LogP contribution in [-0.2, 0) is 0 Å². The molecule has 0 bridgehead atoms. The van der Waals surface area contributed by atoms with Gasteiger partial charge in [0.25, 0.3) is 0 Å². The van der Waals surface area contributed by atoms with Gasteiger partial charge in [-0.15, -0.1) is 0 Å². The molecular weight excluding hydrogens is 180 g/mol. The zero-order chi connectivity index (χ0) is 10.3. The van der Waals surface area contributed by atoms with Crippen molar-refractivity contribution in [3.8, 4) is 0 Å². The number of allylic oxidation sites excluding steroid dienone is 2. The van der Waals surface area contributed by atoms with Crippen LogP contribution in [0.1, 0.15) is 77.0 Å². The van der Waals surface area contributed by atoms with Crippen molar-refractivity contribution in [2.45, 2.75) is 77.0 Å². The normalized spacial score (nSPS) is 29.9. The highest BCUT2D eigenvalue weighted by molar-refractivity contribution is 5.13. The smallest absolute Gasteiger partial charge is 0.0203 e. The molecule has 0 radical (unpaired) electrons.